The zero-order valence-corrected chi connectivity index (χ0v) is 17.1. The molecule has 1 atom stereocenters. The first-order valence-electron chi connectivity index (χ1n) is 8.78. The predicted molar refractivity (Wildman–Crippen MR) is 109 cm³/mol. The minimum absolute atomic E-state index is 0.200. The van der Waals surface area contributed by atoms with Gasteiger partial charge in [-0.1, -0.05) is 24.3 Å². The molecule has 1 amide bonds. The van der Waals surface area contributed by atoms with Crippen LogP contribution in [0.4, 0.5) is 11.4 Å². The summed E-state index contributed by atoms with van der Waals surface area (Å²) in [5, 5.41) is 2.64. The molecule has 0 unspecified atom stereocenters. The number of carbonyl (C=O) groups excluding carboxylic acids is 2. The highest BCUT2D eigenvalue weighted by Crippen LogP contribution is 2.23. The molecule has 150 valence electrons. The Morgan fingerprint density at radius 1 is 1.14 bits per heavy atom. The number of rotatable bonds is 7. The maximum atomic E-state index is 12.8. The Kier molecular flexibility index (Phi) is 6.80. The van der Waals surface area contributed by atoms with Crippen molar-refractivity contribution in [3.8, 4) is 0 Å². The lowest BCUT2D eigenvalue weighted by Gasteiger charge is -2.28. The van der Waals surface area contributed by atoms with Crippen LogP contribution in [0.5, 0.6) is 0 Å². The number of amides is 1. The minimum Gasteiger partial charge on any atom is -0.462 e. The van der Waals surface area contributed by atoms with E-state index in [1.165, 1.54) is 13.0 Å². The molecule has 0 fully saturated rings. The van der Waals surface area contributed by atoms with Gasteiger partial charge in [-0.25, -0.2) is 13.2 Å². The summed E-state index contributed by atoms with van der Waals surface area (Å²) in [7, 11) is -3.73. The van der Waals surface area contributed by atoms with Crippen molar-refractivity contribution >= 4 is 33.3 Å². The van der Waals surface area contributed by atoms with Gasteiger partial charge in [0.15, 0.2) is 0 Å². The second-order valence-corrected chi connectivity index (χ2v) is 8.19. The Bertz CT molecular complexity index is 972. The molecule has 0 aliphatic rings. The van der Waals surface area contributed by atoms with Gasteiger partial charge in [0, 0.05) is 0 Å². The average molecular weight is 404 g/mol. The summed E-state index contributed by atoms with van der Waals surface area (Å²) in [6.45, 7) is 5.22. The van der Waals surface area contributed by atoms with Crippen LogP contribution in [0.1, 0.15) is 29.8 Å². The van der Waals surface area contributed by atoms with Gasteiger partial charge in [0.2, 0.25) is 15.9 Å². The molecule has 0 aliphatic heterocycles. The van der Waals surface area contributed by atoms with Crippen LogP contribution in [0.15, 0.2) is 48.5 Å². The van der Waals surface area contributed by atoms with Gasteiger partial charge in [-0.05, 0) is 50.6 Å². The molecule has 0 bridgehead atoms. The Hall–Kier alpha value is -2.87. The summed E-state index contributed by atoms with van der Waals surface area (Å²) in [4.78, 5) is 24.9. The van der Waals surface area contributed by atoms with Gasteiger partial charge in [0.1, 0.15) is 6.04 Å². The Labute approximate surface area is 165 Å². The number of nitrogens with one attached hydrogen (secondary N) is 1. The molecule has 0 aromatic heterocycles. The van der Waals surface area contributed by atoms with Crippen molar-refractivity contribution < 1.29 is 22.7 Å². The lowest BCUT2D eigenvalue weighted by molar-refractivity contribution is -0.116. The van der Waals surface area contributed by atoms with E-state index in [-0.39, 0.29) is 17.9 Å². The molecule has 2 rings (SSSR count). The predicted octanol–water partition coefficient (Wildman–Crippen LogP) is 2.96. The number of ether oxygens (including phenoxy) is 1. The smallest absolute Gasteiger partial charge is 0.340 e. The van der Waals surface area contributed by atoms with E-state index in [0.29, 0.717) is 5.69 Å². The van der Waals surface area contributed by atoms with Crippen LogP contribution >= 0.6 is 0 Å². The number of sulfonamides is 1. The topological polar surface area (TPSA) is 92.8 Å². The van der Waals surface area contributed by atoms with Crippen LogP contribution in [0.25, 0.3) is 0 Å². The second kappa shape index (κ2) is 8.88. The maximum Gasteiger partial charge on any atom is 0.340 e. The fourth-order valence-electron chi connectivity index (χ4n) is 2.79. The highest BCUT2D eigenvalue weighted by atomic mass is 32.2. The molecule has 0 saturated carbocycles. The van der Waals surface area contributed by atoms with Crippen LogP contribution in [-0.2, 0) is 19.6 Å². The van der Waals surface area contributed by atoms with Crippen molar-refractivity contribution in [2.45, 2.75) is 26.8 Å². The number of benzene rings is 2. The molecular weight excluding hydrogens is 380 g/mol. The summed E-state index contributed by atoms with van der Waals surface area (Å²) in [5.74, 6) is -1.13. The van der Waals surface area contributed by atoms with E-state index in [1.54, 1.807) is 43.3 Å². The molecule has 0 spiro atoms. The largest absolute Gasteiger partial charge is 0.462 e. The number of para-hydroxylation sites is 1. The third kappa shape index (κ3) is 5.10. The molecule has 2 aromatic carbocycles. The molecule has 0 radical (unpaired) electrons. The molecule has 1 N–H and O–H groups in total. The number of hydrogen-bond donors (Lipinski definition) is 1. The zero-order valence-electron chi connectivity index (χ0n) is 16.3. The summed E-state index contributed by atoms with van der Waals surface area (Å²) >= 11 is 0. The number of nitrogens with zero attached hydrogens (tertiary/aromatic N) is 1. The average Bonchev–Trinajstić information content (AvgIpc) is 2.61. The first-order chi connectivity index (χ1) is 13.1. The van der Waals surface area contributed by atoms with Crippen LogP contribution in [0.3, 0.4) is 0 Å². The summed E-state index contributed by atoms with van der Waals surface area (Å²) in [6.07, 6.45) is 1.05. The fourth-order valence-corrected chi connectivity index (χ4v) is 3.96. The van der Waals surface area contributed by atoms with Gasteiger partial charge >= 0.3 is 5.97 Å². The van der Waals surface area contributed by atoms with Crippen molar-refractivity contribution in [1.29, 1.82) is 0 Å². The zero-order chi connectivity index (χ0) is 20.9. The Morgan fingerprint density at radius 2 is 1.82 bits per heavy atom. The second-order valence-electron chi connectivity index (χ2n) is 6.33. The maximum absolute atomic E-state index is 12.8. The van der Waals surface area contributed by atoms with Gasteiger partial charge in [-0.15, -0.1) is 0 Å². The van der Waals surface area contributed by atoms with Crippen molar-refractivity contribution in [2.24, 2.45) is 0 Å². The molecule has 2 aromatic rings. The molecule has 0 heterocycles. The first kappa shape index (κ1) is 21.4. The molecule has 7 nitrogen and oxygen atoms in total. The number of esters is 1. The minimum atomic E-state index is -3.73. The van der Waals surface area contributed by atoms with Crippen LogP contribution in [0, 0.1) is 6.92 Å². The van der Waals surface area contributed by atoms with Crippen LogP contribution in [-0.4, -0.2) is 39.2 Å². The van der Waals surface area contributed by atoms with Gasteiger partial charge in [0.05, 0.1) is 29.8 Å². The van der Waals surface area contributed by atoms with E-state index in [9.17, 15) is 18.0 Å². The Morgan fingerprint density at radius 3 is 2.43 bits per heavy atom. The van der Waals surface area contributed by atoms with Crippen molar-refractivity contribution in [2.75, 3.05) is 22.5 Å². The Balaban J connectivity index is 2.34. The standard InChI is InChI=1S/C20H24N2O5S/c1-5-27-20(24)17-11-6-7-12-18(17)21-19(23)15(3)22(28(4,25)26)16-10-8-9-14(2)13-16/h6-13,15H,5H2,1-4H3,(H,21,23)/t15-/m0/s1. The van der Waals surface area contributed by atoms with E-state index in [1.807, 2.05) is 13.0 Å². The summed E-state index contributed by atoms with van der Waals surface area (Å²) in [6, 6.07) is 12.3. The number of carbonyl (C=O) groups is 2. The molecule has 8 heteroatoms. The van der Waals surface area contributed by atoms with Crippen LogP contribution < -0.4 is 9.62 Å². The van der Waals surface area contributed by atoms with Gasteiger partial charge in [-0.2, -0.15) is 0 Å². The first-order valence-corrected chi connectivity index (χ1v) is 10.6. The van der Waals surface area contributed by atoms with Gasteiger partial charge in [-0.3, -0.25) is 9.10 Å². The summed E-state index contributed by atoms with van der Waals surface area (Å²) < 4.78 is 30.8. The monoisotopic (exact) mass is 404 g/mol. The van der Waals surface area contributed by atoms with E-state index >= 15 is 0 Å². The quantitative estimate of drug-likeness (QED) is 0.716. The van der Waals surface area contributed by atoms with E-state index in [0.717, 1.165) is 16.1 Å². The van der Waals surface area contributed by atoms with Crippen molar-refractivity contribution in [3.63, 3.8) is 0 Å². The molecule has 28 heavy (non-hydrogen) atoms. The fraction of sp³-hybridized carbons (Fsp3) is 0.300. The van der Waals surface area contributed by atoms with Gasteiger partial charge in [0.25, 0.3) is 0 Å². The lowest BCUT2D eigenvalue weighted by Crippen LogP contribution is -2.45. The van der Waals surface area contributed by atoms with E-state index in [4.69, 9.17) is 4.74 Å². The van der Waals surface area contributed by atoms with Crippen molar-refractivity contribution in [3.05, 3.63) is 59.7 Å². The normalized spacial score (nSPS) is 12.1. The molecule has 0 aliphatic carbocycles. The van der Waals surface area contributed by atoms with E-state index in [2.05, 4.69) is 5.32 Å². The number of hydrogen-bond acceptors (Lipinski definition) is 5. The number of anilines is 2. The van der Waals surface area contributed by atoms with Crippen LogP contribution in [0.2, 0.25) is 0 Å². The lowest BCUT2D eigenvalue weighted by atomic mass is 10.1. The summed E-state index contributed by atoms with van der Waals surface area (Å²) in [5.41, 5.74) is 1.72. The molecular formula is C20H24N2O5S. The third-order valence-corrected chi connectivity index (χ3v) is 5.27. The highest BCUT2D eigenvalue weighted by molar-refractivity contribution is 7.92. The van der Waals surface area contributed by atoms with E-state index < -0.39 is 27.9 Å². The highest BCUT2D eigenvalue weighted by Gasteiger charge is 2.30. The SMILES string of the molecule is CCOC(=O)c1ccccc1NC(=O)[C@H](C)N(c1cccc(C)c1)S(C)(=O)=O. The third-order valence-electron chi connectivity index (χ3n) is 4.02. The van der Waals surface area contributed by atoms with Gasteiger partial charge < -0.3 is 10.1 Å². The molecule has 0 saturated heterocycles. The van der Waals surface area contributed by atoms with Crippen molar-refractivity contribution in [1.82, 2.24) is 0 Å². The number of aryl methyl sites for hydroxylation is 1.